The molecule has 98 valence electrons. The van der Waals surface area contributed by atoms with Crippen molar-refractivity contribution in [1.29, 1.82) is 0 Å². The van der Waals surface area contributed by atoms with Crippen molar-refractivity contribution in [1.82, 2.24) is 0 Å². The van der Waals surface area contributed by atoms with Crippen LogP contribution in [0.15, 0.2) is 20.6 Å². The highest BCUT2D eigenvalue weighted by atomic mass is 32.2. The van der Waals surface area contributed by atoms with E-state index in [1.807, 2.05) is 5.38 Å². The quantitative estimate of drug-likeness (QED) is 0.766. The molecule has 1 aromatic heterocycles. The molecule has 0 amide bonds. The maximum atomic E-state index is 12.4. The van der Waals surface area contributed by atoms with Crippen molar-refractivity contribution in [3.8, 4) is 0 Å². The molecule has 2 nitrogen and oxygen atoms in total. The zero-order chi connectivity index (χ0) is 13.5. The van der Waals surface area contributed by atoms with Crippen LogP contribution in [0.3, 0.4) is 0 Å². The van der Waals surface area contributed by atoms with Crippen LogP contribution >= 0.6 is 23.1 Å². The Morgan fingerprint density at radius 3 is 2.06 bits per heavy atom. The average Bonchev–Trinajstić information content (AvgIpc) is 2.46. The van der Waals surface area contributed by atoms with Gasteiger partial charge in [-0.15, -0.1) is 23.1 Å². The van der Waals surface area contributed by atoms with E-state index in [1.54, 1.807) is 38.6 Å². The number of sulfone groups is 1. The van der Waals surface area contributed by atoms with Gasteiger partial charge in [0.2, 0.25) is 0 Å². The van der Waals surface area contributed by atoms with E-state index >= 15 is 0 Å². The molecule has 17 heavy (non-hydrogen) atoms. The highest BCUT2D eigenvalue weighted by Crippen LogP contribution is 2.42. The summed E-state index contributed by atoms with van der Waals surface area (Å²) >= 11 is 3.12. The molecule has 0 spiro atoms. The largest absolute Gasteiger partial charge is 0.223 e. The first-order valence-corrected chi connectivity index (χ1v) is 8.64. The van der Waals surface area contributed by atoms with Gasteiger partial charge >= 0.3 is 0 Å². The van der Waals surface area contributed by atoms with E-state index in [1.165, 1.54) is 11.3 Å². The van der Waals surface area contributed by atoms with E-state index in [0.717, 1.165) is 4.21 Å². The van der Waals surface area contributed by atoms with Crippen molar-refractivity contribution >= 4 is 32.9 Å². The van der Waals surface area contributed by atoms with Gasteiger partial charge in [-0.2, -0.15) is 0 Å². The van der Waals surface area contributed by atoms with Gasteiger partial charge in [-0.1, -0.05) is 20.8 Å². The molecule has 1 aromatic rings. The van der Waals surface area contributed by atoms with Crippen LogP contribution in [0.25, 0.3) is 0 Å². The Balaban J connectivity index is 3.23. The molecule has 0 aliphatic heterocycles. The highest BCUT2D eigenvalue weighted by Gasteiger charge is 2.34. The van der Waals surface area contributed by atoms with Crippen molar-refractivity contribution in [3.05, 3.63) is 11.4 Å². The van der Waals surface area contributed by atoms with Crippen LogP contribution in [0, 0.1) is 0 Å². The first-order chi connectivity index (χ1) is 7.45. The molecule has 0 aliphatic carbocycles. The Morgan fingerprint density at radius 1 is 1.12 bits per heavy atom. The molecular formula is C12H20O2S3. The lowest BCUT2D eigenvalue weighted by Gasteiger charge is -2.22. The molecule has 0 N–H and O–H groups in total. The van der Waals surface area contributed by atoms with Gasteiger partial charge in [0.05, 0.1) is 13.9 Å². The summed E-state index contributed by atoms with van der Waals surface area (Å²) in [5, 5.41) is 1.85. The van der Waals surface area contributed by atoms with E-state index in [-0.39, 0.29) is 4.75 Å². The molecule has 0 atom stereocenters. The summed E-state index contributed by atoms with van der Waals surface area (Å²) in [6, 6.07) is 1.72. The second kappa shape index (κ2) is 4.59. The third kappa shape index (κ3) is 3.48. The van der Waals surface area contributed by atoms with Gasteiger partial charge in [0.15, 0.2) is 9.84 Å². The number of hydrogen-bond acceptors (Lipinski definition) is 4. The number of thiophene rings is 1. The van der Waals surface area contributed by atoms with E-state index in [9.17, 15) is 8.42 Å². The third-order valence-corrected chi connectivity index (χ3v) is 7.14. The standard InChI is InChI=1S/C12H20O2S3/c1-11(2,3)16-10-9(7-8-15-10)17(13,14)12(4,5)6/h7-8H,1-6H3. The SMILES string of the molecule is CC(C)(C)Sc1sccc1S(=O)(=O)C(C)(C)C. The molecule has 0 radical (unpaired) electrons. The fraction of sp³-hybridized carbons (Fsp3) is 0.667. The number of hydrogen-bond donors (Lipinski definition) is 0. The van der Waals surface area contributed by atoms with Crippen molar-refractivity contribution in [3.63, 3.8) is 0 Å². The monoisotopic (exact) mass is 292 g/mol. The summed E-state index contributed by atoms with van der Waals surface area (Å²) in [5.41, 5.74) is 0. The minimum atomic E-state index is -3.25. The van der Waals surface area contributed by atoms with Crippen LogP contribution in [-0.4, -0.2) is 17.9 Å². The molecule has 0 fully saturated rings. The van der Waals surface area contributed by atoms with Crippen LogP contribution in [-0.2, 0) is 9.84 Å². The van der Waals surface area contributed by atoms with Gasteiger partial charge in [-0.3, -0.25) is 0 Å². The van der Waals surface area contributed by atoms with Gasteiger partial charge in [-0.25, -0.2) is 8.42 Å². The summed E-state index contributed by atoms with van der Waals surface area (Å²) in [6.07, 6.45) is 0. The Morgan fingerprint density at radius 2 is 1.65 bits per heavy atom. The van der Waals surface area contributed by atoms with Gasteiger partial charge in [0.25, 0.3) is 0 Å². The molecule has 5 heteroatoms. The van der Waals surface area contributed by atoms with Crippen LogP contribution in [0.2, 0.25) is 0 Å². The van der Waals surface area contributed by atoms with Crippen molar-refractivity contribution in [2.24, 2.45) is 0 Å². The fourth-order valence-corrected chi connectivity index (χ4v) is 5.65. The Hall–Kier alpha value is -0.000000000000000111. The lowest BCUT2D eigenvalue weighted by Crippen LogP contribution is -2.28. The van der Waals surface area contributed by atoms with Gasteiger partial charge < -0.3 is 0 Å². The number of rotatable bonds is 2. The van der Waals surface area contributed by atoms with Crippen molar-refractivity contribution < 1.29 is 8.42 Å². The summed E-state index contributed by atoms with van der Waals surface area (Å²) in [5.74, 6) is 0. The van der Waals surface area contributed by atoms with Crippen molar-refractivity contribution in [2.45, 2.75) is 60.1 Å². The molecule has 1 heterocycles. The minimum absolute atomic E-state index is 0.0208. The maximum absolute atomic E-state index is 12.4. The molecule has 0 aromatic carbocycles. The smallest absolute Gasteiger partial charge is 0.185 e. The highest BCUT2D eigenvalue weighted by molar-refractivity contribution is 8.03. The summed E-state index contributed by atoms with van der Waals surface area (Å²) in [4.78, 5) is 0.481. The lowest BCUT2D eigenvalue weighted by molar-refractivity contribution is 0.559. The predicted molar refractivity (Wildman–Crippen MR) is 76.9 cm³/mol. The van der Waals surface area contributed by atoms with Crippen molar-refractivity contribution in [2.75, 3.05) is 0 Å². The molecule has 0 saturated heterocycles. The van der Waals surface area contributed by atoms with Gasteiger partial charge in [0.1, 0.15) is 0 Å². The molecule has 0 saturated carbocycles. The van der Waals surface area contributed by atoms with Gasteiger partial charge in [0, 0.05) is 4.75 Å². The van der Waals surface area contributed by atoms with Crippen LogP contribution in [0.4, 0.5) is 0 Å². The van der Waals surface area contributed by atoms with Gasteiger partial charge in [-0.05, 0) is 32.2 Å². The molecular weight excluding hydrogens is 272 g/mol. The summed E-state index contributed by atoms with van der Waals surface area (Å²) in [6.45, 7) is 11.5. The topological polar surface area (TPSA) is 34.1 Å². The van der Waals surface area contributed by atoms with E-state index in [2.05, 4.69) is 20.8 Å². The molecule has 0 unspecified atom stereocenters. The zero-order valence-corrected chi connectivity index (χ0v) is 13.6. The second-order valence-electron chi connectivity index (χ2n) is 5.90. The normalized spacial score (nSPS) is 14.0. The molecule has 0 aliphatic rings. The predicted octanol–water partition coefficient (Wildman–Crippen LogP) is 4.21. The first-order valence-electron chi connectivity index (χ1n) is 5.46. The third-order valence-electron chi connectivity index (χ3n) is 2.09. The van der Waals surface area contributed by atoms with E-state index in [0.29, 0.717) is 4.90 Å². The molecule has 1 rings (SSSR count). The Labute approximate surface area is 113 Å². The Kier molecular flexibility index (Phi) is 4.07. The maximum Gasteiger partial charge on any atom is 0.185 e. The van der Waals surface area contributed by atoms with Crippen LogP contribution < -0.4 is 0 Å². The van der Waals surface area contributed by atoms with Crippen LogP contribution in [0.5, 0.6) is 0 Å². The summed E-state index contributed by atoms with van der Waals surface area (Å²) < 4.78 is 25.0. The number of thioether (sulfide) groups is 1. The Bertz CT molecular complexity index is 485. The fourth-order valence-electron chi connectivity index (χ4n) is 1.17. The average molecular weight is 292 g/mol. The summed E-state index contributed by atoms with van der Waals surface area (Å²) in [7, 11) is -3.25. The van der Waals surface area contributed by atoms with E-state index < -0.39 is 14.6 Å². The second-order valence-corrected chi connectivity index (χ2v) is 11.6. The minimum Gasteiger partial charge on any atom is -0.223 e. The van der Waals surface area contributed by atoms with Crippen LogP contribution in [0.1, 0.15) is 41.5 Å². The lowest BCUT2D eigenvalue weighted by atomic mass is 10.3. The first kappa shape index (κ1) is 15.1. The molecule has 0 bridgehead atoms. The van der Waals surface area contributed by atoms with E-state index in [4.69, 9.17) is 0 Å². The zero-order valence-electron chi connectivity index (χ0n) is 11.2.